The van der Waals surface area contributed by atoms with Gasteiger partial charge in [-0.25, -0.2) is 0 Å². The summed E-state index contributed by atoms with van der Waals surface area (Å²) in [7, 11) is 0. The quantitative estimate of drug-likeness (QED) is 0.765. The molecule has 2 rings (SSSR count). The molecule has 0 aliphatic heterocycles. The van der Waals surface area contributed by atoms with Crippen molar-refractivity contribution in [3.05, 3.63) is 34.9 Å². The van der Waals surface area contributed by atoms with Crippen molar-refractivity contribution in [2.75, 3.05) is 0 Å². The average molecular weight is 233 g/mol. The molecule has 90 valence electrons. The Morgan fingerprint density at radius 1 is 1.29 bits per heavy atom. The van der Waals surface area contributed by atoms with Gasteiger partial charge in [0.15, 0.2) is 5.78 Å². The monoisotopic (exact) mass is 233 g/mol. The van der Waals surface area contributed by atoms with Crippen LogP contribution in [-0.4, -0.2) is 22.9 Å². The van der Waals surface area contributed by atoms with E-state index in [0.717, 1.165) is 19.3 Å². The minimum Gasteiger partial charge on any atom is -0.481 e. The number of carbonyl (C=O) groups is 2. The maximum atomic E-state index is 11.9. The third kappa shape index (κ3) is 2.53. The molecule has 1 aliphatic carbocycles. The Kier molecular flexibility index (Phi) is 3.24. The van der Waals surface area contributed by atoms with Gasteiger partial charge in [-0.2, -0.15) is 0 Å². The normalized spacial score (nSPS) is 15.4. The van der Waals surface area contributed by atoms with Crippen LogP contribution >= 0.6 is 0 Å². The second-order valence-corrected chi connectivity index (χ2v) is 4.41. The van der Waals surface area contributed by atoms with Crippen LogP contribution in [0.25, 0.3) is 0 Å². The number of aliphatic carboxylic acids is 1. The molecule has 1 atom stereocenters. The van der Waals surface area contributed by atoms with Crippen molar-refractivity contribution in [2.24, 2.45) is 5.73 Å². The van der Waals surface area contributed by atoms with Crippen LogP contribution in [0.4, 0.5) is 0 Å². The molecule has 0 fully saturated rings. The minimum absolute atomic E-state index is 0.290. The number of hydrogen-bond donors (Lipinski definition) is 2. The summed E-state index contributed by atoms with van der Waals surface area (Å²) < 4.78 is 0. The molecule has 0 saturated carbocycles. The van der Waals surface area contributed by atoms with Gasteiger partial charge in [-0.1, -0.05) is 12.1 Å². The van der Waals surface area contributed by atoms with E-state index in [1.165, 1.54) is 11.1 Å². The molecule has 1 aliphatic rings. The lowest BCUT2D eigenvalue weighted by molar-refractivity contribution is -0.137. The maximum Gasteiger partial charge on any atom is 0.305 e. The largest absolute Gasteiger partial charge is 0.481 e. The summed E-state index contributed by atoms with van der Waals surface area (Å²) in [6, 6.07) is 4.59. The van der Waals surface area contributed by atoms with Crippen LogP contribution in [0.1, 0.15) is 34.3 Å². The van der Waals surface area contributed by atoms with Crippen molar-refractivity contribution in [1.82, 2.24) is 0 Å². The van der Waals surface area contributed by atoms with Gasteiger partial charge in [-0.3, -0.25) is 9.59 Å². The van der Waals surface area contributed by atoms with Gasteiger partial charge in [0.05, 0.1) is 12.5 Å². The third-order valence-electron chi connectivity index (χ3n) is 3.11. The van der Waals surface area contributed by atoms with E-state index in [0.29, 0.717) is 5.56 Å². The number of carboxylic acids is 1. The van der Waals surface area contributed by atoms with E-state index in [4.69, 9.17) is 10.8 Å². The van der Waals surface area contributed by atoms with Crippen molar-refractivity contribution in [3.63, 3.8) is 0 Å². The molecule has 0 radical (unpaired) electrons. The summed E-state index contributed by atoms with van der Waals surface area (Å²) in [6.07, 6.45) is 2.85. The second-order valence-electron chi connectivity index (χ2n) is 4.41. The van der Waals surface area contributed by atoms with Crippen LogP contribution in [-0.2, 0) is 17.6 Å². The molecule has 0 aromatic heterocycles. The van der Waals surface area contributed by atoms with Crippen molar-refractivity contribution in [3.8, 4) is 0 Å². The van der Waals surface area contributed by atoms with Crippen molar-refractivity contribution < 1.29 is 14.7 Å². The van der Waals surface area contributed by atoms with Crippen LogP contribution in [0.3, 0.4) is 0 Å². The Labute approximate surface area is 99.4 Å². The van der Waals surface area contributed by atoms with E-state index >= 15 is 0 Å². The van der Waals surface area contributed by atoms with Crippen LogP contribution in [0.2, 0.25) is 0 Å². The zero-order valence-corrected chi connectivity index (χ0v) is 9.48. The lowest BCUT2D eigenvalue weighted by atomic mass is 9.98. The summed E-state index contributed by atoms with van der Waals surface area (Å²) in [6.45, 7) is 0. The van der Waals surface area contributed by atoms with Gasteiger partial charge in [0.1, 0.15) is 0 Å². The molecule has 0 amide bonds. The number of rotatable bonds is 4. The first-order chi connectivity index (χ1) is 8.08. The summed E-state index contributed by atoms with van der Waals surface area (Å²) >= 11 is 0. The van der Waals surface area contributed by atoms with E-state index in [2.05, 4.69) is 0 Å². The van der Waals surface area contributed by atoms with Crippen molar-refractivity contribution >= 4 is 11.8 Å². The highest BCUT2D eigenvalue weighted by Crippen LogP contribution is 2.23. The number of ketones is 1. The molecule has 4 heteroatoms. The Morgan fingerprint density at radius 3 is 2.71 bits per heavy atom. The predicted molar refractivity (Wildman–Crippen MR) is 63.0 cm³/mol. The molecular weight excluding hydrogens is 218 g/mol. The molecule has 0 saturated heterocycles. The molecule has 17 heavy (non-hydrogen) atoms. The topological polar surface area (TPSA) is 80.4 Å². The van der Waals surface area contributed by atoms with Gasteiger partial charge < -0.3 is 10.8 Å². The van der Waals surface area contributed by atoms with Gasteiger partial charge in [-0.05, 0) is 36.5 Å². The van der Waals surface area contributed by atoms with Crippen molar-refractivity contribution in [1.29, 1.82) is 0 Å². The van der Waals surface area contributed by atoms with E-state index in [1.807, 2.05) is 12.1 Å². The molecule has 1 aromatic rings. The number of hydrogen-bond acceptors (Lipinski definition) is 3. The van der Waals surface area contributed by atoms with Crippen LogP contribution in [0, 0.1) is 0 Å². The number of carbonyl (C=O) groups excluding carboxylic acids is 1. The fourth-order valence-corrected chi connectivity index (χ4v) is 2.22. The number of Topliss-reactive ketones (excluding diaryl/α,β-unsaturated/α-hetero) is 1. The van der Waals surface area contributed by atoms with E-state index in [1.54, 1.807) is 6.07 Å². The van der Waals surface area contributed by atoms with Crippen LogP contribution < -0.4 is 5.73 Å². The molecule has 3 N–H and O–H groups in total. The maximum absolute atomic E-state index is 11.9. The van der Waals surface area contributed by atoms with Gasteiger partial charge in [0, 0.05) is 5.56 Å². The number of fused-ring (bicyclic) bond motifs is 1. The summed E-state index contributed by atoms with van der Waals surface area (Å²) in [4.78, 5) is 22.4. The first-order valence-electron chi connectivity index (χ1n) is 5.71. The predicted octanol–water partition coefficient (Wildman–Crippen LogP) is 1.16. The molecule has 1 aromatic carbocycles. The number of nitrogens with two attached hydrogens (primary N) is 1. The van der Waals surface area contributed by atoms with Gasteiger partial charge in [0.2, 0.25) is 0 Å². The Bertz CT molecular complexity index is 468. The fourth-order valence-electron chi connectivity index (χ4n) is 2.22. The smallest absolute Gasteiger partial charge is 0.305 e. The molecular formula is C13H15NO3. The second kappa shape index (κ2) is 4.67. The molecule has 1 unspecified atom stereocenters. The number of carboxylic acid groups (broad SMARTS) is 1. The molecule has 0 spiro atoms. The number of benzene rings is 1. The third-order valence-corrected chi connectivity index (χ3v) is 3.11. The van der Waals surface area contributed by atoms with Gasteiger partial charge >= 0.3 is 5.97 Å². The SMILES string of the molecule is NC(CC(=O)O)C(=O)c1ccc2c(c1)CCC2. The average Bonchev–Trinajstić information content (AvgIpc) is 2.73. The van der Waals surface area contributed by atoms with Gasteiger partial charge in [0.25, 0.3) is 0 Å². The summed E-state index contributed by atoms with van der Waals surface area (Å²) in [5, 5.41) is 8.60. The first-order valence-corrected chi connectivity index (χ1v) is 5.71. The highest BCUT2D eigenvalue weighted by Gasteiger charge is 2.20. The summed E-state index contributed by atoms with van der Waals surface area (Å²) in [5.74, 6) is -1.34. The molecule has 0 bridgehead atoms. The highest BCUT2D eigenvalue weighted by atomic mass is 16.4. The van der Waals surface area contributed by atoms with E-state index < -0.39 is 12.0 Å². The first kappa shape index (κ1) is 11.8. The zero-order valence-electron chi connectivity index (χ0n) is 9.48. The van der Waals surface area contributed by atoms with Gasteiger partial charge in [-0.15, -0.1) is 0 Å². The zero-order chi connectivity index (χ0) is 12.4. The molecule has 4 nitrogen and oxygen atoms in total. The van der Waals surface area contributed by atoms with Crippen molar-refractivity contribution in [2.45, 2.75) is 31.7 Å². The highest BCUT2D eigenvalue weighted by molar-refractivity contribution is 6.01. The fraction of sp³-hybridized carbons (Fsp3) is 0.385. The Hall–Kier alpha value is -1.68. The van der Waals surface area contributed by atoms with Crippen LogP contribution in [0.15, 0.2) is 18.2 Å². The Morgan fingerprint density at radius 2 is 2.00 bits per heavy atom. The summed E-state index contributed by atoms with van der Waals surface area (Å²) in [5.41, 5.74) is 8.57. The minimum atomic E-state index is -1.05. The van der Waals surface area contributed by atoms with E-state index in [-0.39, 0.29) is 12.2 Å². The lowest BCUT2D eigenvalue weighted by Crippen LogP contribution is -2.33. The standard InChI is InChI=1S/C13H15NO3/c14-11(7-12(15)16)13(17)10-5-4-8-2-1-3-9(8)6-10/h4-6,11H,1-3,7,14H2,(H,15,16). The lowest BCUT2D eigenvalue weighted by Gasteiger charge is -2.09. The molecule has 0 heterocycles. The van der Waals surface area contributed by atoms with E-state index in [9.17, 15) is 9.59 Å². The number of aryl methyl sites for hydroxylation is 2. The van der Waals surface area contributed by atoms with Crippen LogP contribution in [0.5, 0.6) is 0 Å². The Balaban J connectivity index is 2.17.